The number of hydrogen-bond donors (Lipinski definition) is 1. The van der Waals surface area contributed by atoms with Gasteiger partial charge in [0, 0.05) is 5.41 Å². The summed E-state index contributed by atoms with van der Waals surface area (Å²) in [5.74, 6) is -1.26. The molecule has 26 heavy (non-hydrogen) atoms. The molecule has 2 amide bonds. The van der Waals surface area contributed by atoms with Crippen molar-refractivity contribution in [3.8, 4) is 0 Å². The molecule has 9 heteroatoms. The average molecular weight is 386 g/mol. The van der Waals surface area contributed by atoms with Crippen molar-refractivity contribution in [1.82, 2.24) is 10.2 Å². The number of alkyl carbamates (subject to hydrolysis) is 1. The van der Waals surface area contributed by atoms with E-state index in [9.17, 15) is 22.8 Å². The van der Waals surface area contributed by atoms with Gasteiger partial charge in [0.1, 0.15) is 11.6 Å². The summed E-state index contributed by atoms with van der Waals surface area (Å²) in [6.45, 7) is 11.6. The second-order valence-electron chi connectivity index (χ2n) is 8.74. The van der Waals surface area contributed by atoms with Gasteiger partial charge in [-0.05, 0) is 33.3 Å². The molecule has 0 unspecified atom stereocenters. The number of carbonyl (C=O) groups excluding carboxylic acids is 3. The molecular formula is C17H26N2O6S. The van der Waals surface area contributed by atoms with Gasteiger partial charge in [0.2, 0.25) is 0 Å². The van der Waals surface area contributed by atoms with Gasteiger partial charge in [0.05, 0.1) is 11.4 Å². The molecule has 2 aliphatic rings. The number of nitrogens with zero attached hydrogens (tertiary/aromatic N) is 1. The van der Waals surface area contributed by atoms with E-state index in [4.69, 9.17) is 4.74 Å². The molecule has 0 aromatic rings. The number of sulfone groups is 1. The number of allylic oxidation sites excluding steroid dienone is 1. The van der Waals surface area contributed by atoms with Gasteiger partial charge >= 0.3 is 6.09 Å². The lowest BCUT2D eigenvalue weighted by Crippen LogP contribution is -2.75. The summed E-state index contributed by atoms with van der Waals surface area (Å²) >= 11 is 0. The number of fused-ring (bicyclic) bond motifs is 1. The highest BCUT2D eigenvalue weighted by Crippen LogP contribution is 2.39. The highest BCUT2D eigenvalue weighted by Gasteiger charge is 2.60. The van der Waals surface area contributed by atoms with Gasteiger partial charge in [-0.3, -0.25) is 14.5 Å². The van der Waals surface area contributed by atoms with Crippen LogP contribution in [0, 0.1) is 5.41 Å². The normalized spacial score (nSPS) is 25.3. The summed E-state index contributed by atoms with van der Waals surface area (Å²) in [5, 5.41) is 1.04. The minimum atomic E-state index is -3.73. The fraction of sp³-hybridized carbons (Fsp3) is 0.706. The molecule has 2 heterocycles. The third kappa shape index (κ3) is 3.62. The minimum absolute atomic E-state index is 0.115. The fourth-order valence-corrected chi connectivity index (χ4v) is 5.00. The molecule has 0 aromatic heterocycles. The van der Waals surface area contributed by atoms with Crippen LogP contribution in [0.2, 0.25) is 0 Å². The van der Waals surface area contributed by atoms with Crippen LogP contribution in [-0.4, -0.2) is 53.9 Å². The molecule has 0 saturated carbocycles. The van der Waals surface area contributed by atoms with Gasteiger partial charge in [-0.25, -0.2) is 13.2 Å². The zero-order valence-corrected chi connectivity index (χ0v) is 17.0. The predicted molar refractivity (Wildman–Crippen MR) is 94.7 cm³/mol. The van der Waals surface area contributed by atoms with E-state index in [-0.39, 0.29) is 17.2 Å². The van der Waals surface area contributed by atoms with Crippen molar-refractivity contribution in [2.45, 2.75) is 65.5 Å². The van der Waals surface area contributed by atoms with Crippen molar-refractivity contribution in [3.63, 3.8) is 0 Å². The molecule has 2 atom stereocenters. The molecular weight excluding hydrogens is 360 g/mol. The van der Waals surface area contributed by atoms with E-state index < -0.39 is 44.3 Å². The number of carbonyl (C=O) groups is 3. The van der Waals surface area contributed by atoms with Crippen LogP contribution < -0.4 is 5.32 Å². The fourth-order valence-electron chi connectivity index (χ4n) is 2.96. The highest BCUT2D eigenvalue weighted by atomic mass is 32.2. The second-order valence-corrected chi connectivity index (χ2v) is 10.8. The number of amides is 2. The lowest BCUT2D eigenvalue weighted by atomic mass is 9.85. The Labute approximate surface area is 153 Å². The molecule has 0 radical (unpaired) electrons. The monoisotopic (exact) mass is 386 g/mol. The number of Topliss-reactive ketones (excluding diaryl/α,β-unsaturated/α-hetero) is 1. The number of ether oxygens (including phenoxy) is 1. The first-order valence-electron chi connectivity index (χ1n) is 8.35. The van der Waals surface area contributed by atoms with Crippen molar-refractivity contribution < 1.29 is 27.5 Å². The third-order valence-electron chi connectivity index (χ3n) is 4.04. The molecule has 0 bridgehead atoms. The molecule has 1 fully saturated rings. The molecule has 0 spiro atoms. The van der Waals surface area contributed by atoms with Crippen LogP contribution >= 0.6 is 0 Å². The van der Waals surface area contributed by atoms with Crippen LogP contribution in [0.5, 0.6) is 0 Å². The van der Waals surface area contributed by atoms with Gasteiger partial charge in [-0.15, -0.1) is 0 Å². The Morgan fingerprint density at radius 1 is 1.15 bits per heavy atom. The summed E-state index contributed by atoms with van der Waals surface area (Å²) in [5.41, 5.74) is -1.10. The zero-order valence-electron chi connectivity index (χ0n) is 16.2. The number of β-lactam (4-membered cyclic amide) rings is 1. The zero-order chi connectivity index (χ0) is 20.2. The molecule has 8 nitrogen and oxygen atoms in total. The van der Waals surface area contributed by atoms with Gasteiger partial charge in [-0.2, -0.15) is 0 Å². The van der Waals surface area contributed by atoms with E-state index in [1.165, 1.54) is 6.92 Å². The first-order chi connectivity index (χ1) is 11.6. The maximum atomic E-state index is 12.7. The molecule has 0 aliphatic carbocycles. The van der Waals surface area contributed by atoms with Crippen LogP contribution in [0.4, 0.5) is 4.79 Å². The van der Waals surface area contributed by atoms with Crippen molar-refractivity contribution >= 4 is 27.6 Å². The first kappa shape index (κ1) is 20.4. The van der Waals surface area contributed by atoms with Crippen LogP contribution in [-0.2, 0) is 24.2 Å². The first-order valence-corrected chi connectivity index (χ1v) is 10.1. The van der Waals surface area contributed by atoms with Crippen molar-refractivity contribution in [1.29, 1.82) is 0 Å². The summed E-state index contributed by atoms with van der Waals surface area (Å²) in [7, 11) is -3.73. The van der Waals surface area contributed by atoms with E-state index in [0.29, 0.717) is 5.57 Å². The predicted octanol–water partition coefficient (Wildman–Crippen LogP) is 1.37. The molecule has 1 saturated heterocycles. The van der Waals surface area contributed by atoms with Gasteiger partial charge in [0.15, 0.2) is 21.0 Å². The largest absolute Gasteiger partial charge is 0.444 e. The summed E-state index contributed by atoms with van der Waals surface area (Å²) in [4.78, 5) is 38.3. The maximum Gasteiger partial charge on any atom is 0.408 e. The molecule has 2 rings (SSSR count). The minimum Gasteiger partial charge on any atom is -0.444 e. The summed E-state index contributed by atoms with van der Waals surface area (Å²) in [6.07, 6.45) is -0.874. The Morgan fingerprint density at radius 3 is 2.15 bits per heavy atom. The third-order valence-corrected chi connectivity index (χ3v) is 6.10. The standard InChI is InChI=1S/C17H26N2O6S/c1-9-8-26(23,24)14-10(18-15(22)25-17(5,6)7)13(21)19(14)11(9)12(20)16(2,3)4/h10,14H,8H2,1-7H3,(H,18,22)/t10-,14+/m1/s1. The van der Waals surface area contributed by atoms with Crippen molar-refractivity contribution in [2.24, 2.45) is 5.41 Å². The topological polar surface area (TPSA) is 110 Å². The van der Waals surface area contributed by atoms with Crippen LogP contribution in [0.1, 0.15) is 48.5 Å². The smallest absolute Gasteiger partial charge is 0.408 e. The van der Waals surface area contributed by atoms with Crippen molar-refractivity contribution in [2.75, 3.05) is 5.75 Å². The van der Waals surface area contributed by atoms with Crippen LogP contribution in [0.15, 0.2) is 11.3 Å². The SMILES string of the molecule is CC1=C(C(=O)C(C)(C)C)N2C(=O)[C@@H](NC(=O)OC(C)(C)C)[C@@H]2S(=O)(=O)C1. The van der Waals surface area contributed by atoms with Gasteiger partial charge in [-0.1, -0.05) is 20.8 Å². The second kappa shape index (κ2) is 6.07. The van der Waals surface area contributed by atoms with E-state index in [1.54, 1.807) is 41.5 Å². The number of hydrogen-bond acceptors (Lipinski definition) is 6. The Hall–Kier alpha value is -1.90. The number of rotatable bonds is 2. The Kier molecular flexibility index (Phi) is 4.77. The lowest BCUT2D eigenvalue weighted by molar-refractivity contribution is -0.146. The van der Waals surface area contributed by atoms with E-state index in [1.807, 2.05) is 0 Å². The Morgan fingerprint density at radius 2 is 1.69 bits per heavy atom. The van der Waals surface area contributed by atoms with Gasteiger partial charge in [0.25, 0.3) is 5.91 Å². The maximum absolute atomic E-state index is 12.7. The molecule has 2 aliphatic heterocycles. The average Bonchev–Trinajstić information content (AvgIpc) is 2.40. The Bertz CT molecular complexity index is 798. The van der Waals surface area contributed by atoms with Crippen LogP contribution in [0.3, 0.4) is 0 Å². The molecule has 0 aromatic carbocycles. The van der Waals surface area contributed by atoms with E-state index in [0.717, 1.165) is 4.90 Å². The van der Waals surface area contributed by atoms with E-state index in [2.05, 4.69) is 5.32 Å². The quantitative estimate of drug-likeness (QED) is 0.718. The molecule has 1 N–H and O–H groups in total. The number of nitrogens with one attached hydrogen (secondary N) is 1. The number of ketones is 1. The van der Waals surface area contributed by atoms with Gasteiger partial charge < -0.3 is 10.1 Å². The molecule has 146 valence electrons. The van der Waals surface area contributed by atoms with Crippen LogP contribution in [0.25, 0.3) is 0 Å². The van der Waals surface area contributed by atoms with Crippen molar-refractivity contribution in [3.05, 3.63) is 11.3 Å². The van der Waals surface area contributed by atoms with E-state index >= 15 is 0 Å². The highest BCUT2D eigenvalue weighted by molar-refractivity contribution is 7.92. The Balaban J connectivity index is 2.35. The summed E-state index contributed by atoms with van der Waals surface area (Å²) < 4.78 is 30.2. The summed E-state index contributed by atoms with van der Waals surface area (Å²) in [6, 6.07) is -1.26. The lowest BCUT2D eigenvalue weighted by Gasteiger charge is -2.50.